The topological polar surface area (TPSA) is 186 Å². The number of aromatic nitrogens is 6. The maximum atomic E-state index is 15.3. The highest BCUT2D eigenvalue weighted by Gasteiger charge is 2.70. The summed E-state index contributed by atoms with van der Waals surface area (Å²) in [6.45, 7) is 16.7. The number of halogens is 6. The van der Waals surface area contributed by atoms with Crippen molar-refractivity contribution in [3.05, 3.63) is 129 Å². The van der Waals surface area contributed by atoms with Crippen LogP contribution in [0.3, 0.4) is 0 Å². The number of nitrogens with one attached hydrogen (secondary N) is 2. The molecule has 0 fully saturated rings. The summed E-state index contributed by atoms with van der Waals surface area (Å²) >= 11 is 0. The van der Waals surface area contributed by atoms with Crippen LogP contribution in [0.4, 0.5) is 26.3 Å². The van der Waals surface area contributed by atoms with Gasteiger partial charge in [0.15, 0.2) is 11.6 Å². The van der Waals surface area contributed by atoms with Gasteiger partial charge in [0.2, 0.25) is 0 Å². The monoisotopic (exact) mass is 1050 g/mol. The zero-order valence-corrected chi connectivity index (χ0v) is 43.6. The molecular weight excluding hydrogens is 1000 g/mol. The van der Waals surface area contributed by atoms with Crippen molar-refractivity contribution in [1.82, 2.24) is 29.1 Å². The number of hydrogen-bond acceptors (Lipinski definition) is 10. The van der Waals surface area contributed by atoms with Crippen LogP contribution in [0.15, 0.2) is 73.1 Å². The number of aromatic amines is 2. The summed E-state index contributed by atoms with van der Waals surface area (Å²) < 4.78 is 116. The Morgan fingerprint density at radius 1 is 0.622 bits per heavy atom. The number of ether oxygens (including phenoxy) is 4. The summed E-state index contributed by atoms with van der Waals surface area (Å²) in [5, 5.41) is 19.2. The molecule has 0 saturated carbocycles. The van der Waals surface area contributed by atoms with Gasteiger partial charge in [0.05, 0.1) is 56.5 Å². The highest BCUT2D eigenvalue weighted by atomic mass is 28.3. The third-order valence-corrected chi connectivity index (χ3v) is 16.7. The van der Waals surface area contributed by atoms with E-state index in [0.717, 1.165) is 12.1 Å². The molecular formula is C52H50F6N8O6Si2. The summed E-state index contributed by atoms with van der Waals surface area (Å²) in [4.78, 5) is 40.6. The SMILES string of the molecule is Cc1cc2c(c3cc[nH]c13)C(c1nc3cc(C#N)ccc3n1COCC[Si](C)(C)C)(C(F)(F)F)OC2=O.Cc1cc2c(c3cc[nH]c13)C(c1nc3ccc(C#N)cc3n1COCC[Si](C)(C)C)(C(F)(F)F)OC2=O. The number of imidazole rings is 2. The molecule has 2 aliphatic heterocycles. The van der Waals surface area contributed by atoms with Gasteiger partial charge in [-0.2, -0.15) is 36.9 Å². The molecule has 0 bridgehead atoms. The Morgan fingerprint density at radius 3 is 1.50 bits per heavy atom. The van der Waals surface area contributed by atoms with Crippen LogP contribution < -0.4 is 0 Å². The van der Waals surface area contributed by atoms with Gasteiger partial charge < -0.3 is 28.9 Å². The number of hydrogen-bond donors (Lipinski definition) is 2. The number of nitrogens with zero attached hydrogens (tertiary/aromatic N) is 6. The zero-order valence-electron chi connectivity index (χ0n) is 41.6. The van der Waals surface area contributed by atoms with E-state index in [4.69, 9.17) is 18.9 Å². The zero-order chi connectivity index (χ0) is 53.5. The van der Waals surface area contributed by atoms with E-state index < -0.39 is 63.3 Å². The van der Waals surface area contributed by atoms with Gasteiger partial charge in [-0.25, -0.2) is 19.6 Å². The Bertz CT molecular complexity index is 3540. The summed E-state index contributed by atoms with van der Waals surface area (Å²) in [5.74, 6) is -3.18. The number of carbonyl (C=O) groups is 2. The summed E-state index contributed by atoms with van der Waals surface area (Å²) in [6.07, 6.45) is -7.04. The first kappa shape index (κ1) is 51.6. The normalized spacial score (nSPS) is 17.8. The Kier molecular flexibility index (Phi) is 12.8. The summed E-state index contributed by atoms with van der Waals surface area (Å²) in [6, 6.07) is 20.4. The molecule has 6 heterocycles. The van der Waals surface area contributed by atoms with Gasteiger partial charge >= 0.3 is 24.3 Å². The average Bonchev–Trinajstić information content (AvgIpc) is 4.18. The van der Waals surface area contributed by atoms with Crippen LogP contribution in [0.25, 0.3) is 43.9 Å². The predicted molar refractivity (Wildman–Crippen MR) is 268 cm³/mol. The van der Waals surface area contributed by atoms with E-state index in [1.807, 2.05) is 12.1 Å². The maximum Gasteiger partial charge on any atom is 0.440 e. The minimum Gasteiger partial charge on any atom is -0.432 e. The number of esters is 2. The van der Waals surface area contributed by atoms with Gasteiger partial charge in [-0.3, -0.25) is 9.13 Å². The smallest absolute Gasteiger partial charge is 0.432 e. The highest BCUT2D eigenvalue weighted by molar-refractivity contribution is 6.76. The molecule has 2 N–H and O–H groups in total. The van der Waals surface area contributed by atoms with Crippen molar-refractivity contribution < 1.29 is 54.9 Å². The molecule has 10 rings (SSSR count). The van der Waals surface area contributed by atoms with E-state index in [1.54, 1.807) is 13.8 Å². The van der Waals surface area contributed by atoms with Crippen LogP contribution in [0.1, 0.15) is 65.7 Å². The number of rotatable bonds is 12. The lowest BCUT2D eigenvalue weighted by molar-refractivity contribution is -0.246. The molecule has 8 aromatic rings. The van der Waals surface area contributed by atoms with Crippen LogP contribution >= 0.6 is 0 Å². The van der Waals surface area contributed by atoms with Crippen molar-refractivity contribution >= 4 is 72.0 Å². The van der Waals surface area contributed by atoms with Gasteiger partial charge in [-0.1, -0.05) is 39.3 Å². The third kappa shape index (κ3) is 8.62. The standard InChI is InChI=1S/2C26H25F3N4O3Si/c1-15-11-18-21(17-7-8-31-22(15)17)25(26(27,28)29,36-23(18)34)24-32-19-12-16(13-30)5-6-20(19)33(24)14-35-9-10-37(2,3)4;1-15-11-18-21(17-7-8-31-22(15)17)25(26(27,28)29,36-23(18)34)24-32-19-6-5-16(13-30)12-20(19)33(24)14-35-9-10-37(2,3)4/h2*5-8,11-12,31H,9-10,14H2,1-4H3. The molecule has 4 aromatic carbocycles. The van der Waals surface area contributed by atoms with E-state index in [9.17, 15) is 20.1 Å². The van der Waals surface area contributed by atoms with Gasteiger partial charge in [0.1, 0.15) is 13.5 Å². The number of benzene rings is 4. The van der Waals surface area contributed by atoms with E-state index in [0.29, 0.717) is 40.9 Å². The lowest BCUT2D eigenvalue weighted by Crippen LogP contribution is -2.46. The number of H-pyrrole nitrogens is 2. The second kappa shape index (κ2) is 18.3. The highest BCUT2D eigenvalue weighted by Crippen LogP contribution is 2.56. The Hall–Kier alpha value is -7.25. The van der Waals surface area contributed by atoms with Crippen molar-refractivity contribution in [1.29, 1.82) is 10.5 Å². The predicted octanol–water partition coefficient (Wildman–Crippen LogP) is 12.0. The number of aryl methyl sites for hydroxylation is 2. The Morgan fingerprint density at radius 2 is 1.05 bits per heavy atom. The minimum absolute atomic E-state index is 0.155. The summed E-state index contributed by atoms with van der Waals surface area (Å²) in [7, 11) is -2.91. The molecule has 74 heavy (non-hydrogen) atoms. The molecule has 22 heteroatoms. The largest absolute Gasteiger partial charge is 0.440 e. The fourth-order valence-electron chi connectivity index (χ4n) is 9.62. The van der Waals surface area contributed by atoms with E-state index in [1.165, 1.54) is 82.2 Å². The van der Waals surface area contributed by atoms with Gasteiger partial charge in [0.25, 0.3) is 11.2 Å². The van der Waals surface area contributed by atoms with Gasteiger partial charge in [-0.15, -0.1) is 0 Å². The number of nitriles is 2. The third-order valence-electron chi connectivity index (χ3n) is 13.3. The van der Waals surface area contributed by atoms with Crippen molar-refractivity contribution in [2.24, 2.45) is 0 Å². The van der Waals surface area contributed by atoms with Crippen molar-refractivity contribution in [3.8, 4) is 12.1 Å². The van der Waals surface area contributed by atoms with Crippen molar-refractivity contribution in [3.63, 3.8) is 0 Å². The first-order valence-electron chi connectivity index (χ1n) is 23.5. The number of carbonyl (C=O) groups excluding carboxylic acids is 2. The van der Waals surface area contributed by atoms with Crippen molar-refractivity contribution in [2.45, 2.75) is 102 Å². The minimum atomic E-state index is -5.05. The molecule has 0 aliphatic carbocycles. The molecule has 2 aliphatic rings. The molecule has 4 aromatic heterocycles. The van der Waals surface area contributed by atoms with E-state index >= 15 is 26.3 Å². The molecule has 0 amide bonds. The number of fused-ring (bicyclic) bond motifs is 8. The fourth-order valence-corrected chi connectivity index (χ4v) is 11.1. The van der Waals surface area contributed by atoms with Crippen LogP contribution in [-0.2, 0) is 43.6 Å². The first-order valence-corrected chi connectivity index (χ1v) is 31.0. The average molecular weight is 1050 g/mol. The molecule has 0 radical (unpaired) electrons. The van der Waals surface area contributed by atoms with E-state index in [-0.39, 0.29) is 74.2 Å². The van der Waals surface area contributed by atoms with Crippen LogP contribution in [0.5, 0.6) is 0 Å². The Labute approximate surface area is 421 Å². The molecule has 2 unspecified atom stereocenters. The number of alkyl halides is 6. The van der Waals surface area contributed by atoms with Crippen molar-refractivity contribution in [2.75, 3.05) is 13.2 Å². The lowest BCUT2D eigenvalue weighted by atomic mass is 9.86. The molecule has 14 nitrogen and oxygen atoms in total. The maximum absolute atomic E-state index is 15.3. The molecule has 0 saturated heterocycles. The second-order valence-corrected chi connectivity index (χ2v) is 32.2. The second-order valence-electron chi connectivity index (χ2n) is 21.0. The first-order chi connectivity index (χ1) is 34.7. The quantitative estimate of drug-likeness (QED) is 0.0516. The Balaban J connectivity index is 0.000000182. The summed E-state index contributed by atoms with van der Waals surface area (Å²) in [5.41, 5.74) is -3.50. The van der Waals surface area contributed by atoms with Crippen LogP contribution in [0, 0.1) is 36.5 Å². The van der Waals surface area contributed by atoms with Gasteiger partial charge in [0, 0.05) is 74.7 Å². The fraction of sp³-hybridized carbons (Fsp3) is 0.346. The molecule has 0 spiro atoms. The number of cyclic esters (lactones) is 2. The molecule has 384 valence electrons. The molecule has 2 atom stereocenters. The van der Waals surface area contributed by atoms with Gasteiger partial charge in [-0.05, 0) is 97.7 Å². The lowest BCUT2D eigenvalue weighted by Gasteiger charge is -2.31. The van der Waals surface area contributed by atoms with E-state index in [2.05, 4.69) is 59.2 Å². The van der Waals surface area contributed by atoms with Crippen LogP contribution in [0.2, 0.25) is 51.4 Å². The van der Waals surface area contributed by atoms with Crippen LogP contribution in [-0.4, -0.2) is 82.7 Å².